The number of aromatic nitrogens is 2. The third-order valence-corrected chi connectivity index (χ3v) is 3.33. The third-order valence-electron chi connectivity index (χ3n) is 3.33. The zero-order valence-corrected chi connectivity index (χ0v) is 16.8. The Labute approximate surface area is 159 Å². The molecule has 0 aliphatic rings. The Balaban J connectivity index is 0.00000288. The summed E-state index contributed by atoms with van der Waals surface area (Å²) in [5.41, 5.74) is 1.13. The van der Waals surface area contributed by atoms with Gasteiger partial charge in [0.25, 0.3) is 0 Å². The third kappa shape index (κ3) is 5.99. The van der Waals surface area contributed by atoms with Crippen molar-refractivity contribution < 1.29 is 9.26 Å². The van der Waals surface area contributed by atoms with Gasteiger partial charge in [0, 0.05) is 21.0 Å². The highest BCUT2D eigenvalue weighted by Crippen LogP contribution is 2.15. The largest absolute Gasteiger partial charge is 0.491 e. The summed E-state index contributed by atoms with van der Waals surface area (Å²) in [6.45, 7) is 5.54. The molecule has 0 bridgehead atoms. The summed E-state index contributed by atoms with van der Waals surface area (Å²) in [7, 11) is 3.69. The molecule has 0 atom stereocenters. The standard InChI is InChI=1S/C16H23N5O2.HI/c1-12-7-5-6-8-14(12)22-10-9-21(4)16(17-3)18-11-15-19-13(2)23-20-15;/h5-8H,9-11H2,1-4H3,(H,17,18);1H. The molecular formula is C16H24IN5O2. The van der Waals surface area contributed by atoms with E-state index in [9.17, 15) is 0 Å². The van der Waals surface area contributed by atoms with Crippen molar-refractivity contribution in [2.75, 3.05) is 27.2 Å². The molecule has 8 heteroatoms. The topological polar surface area (TPSA) is 75.8 Å². The highest BCUT2D eigenvalue weighted by atomic mass is 127. The van der Waals surface area contributed by atoms with Gasteiger partial charge in [-0.1, -0.05) is 23.4 Å². The molecule has 132 valence electrons. The van der Waals surface area contributed by atoms with Crippen LogP contribution in [0.2, 0.25) is 0 Å². The van der Waals surface area contributed by atoms with E-state index in [0.29, 0.717) is 31.4 Å². The number of benzene rings is 1. The zero-order valence-electron chi connectivity index (χ0n) is 14.4. The Morgan fingerprint density at radius 3 is 2.71 bits per heavy atom. The van der Waals surface area contributed by atoms with E-state index in [4.69, 9.17) is 9.26 Å². The van der Waals surface area contributed by atoms with E-state index in [1.807, 2.05) is 43.1 Å². The van der Waals surface area contributed by atoms with Gasteiger partial charge in [-0.3, -0.25) is 4.99 Å². The number of likely N-dealkylation sites (N-methyl/N-ethyl adjacent to an activating group) is 1. The maximum Gasteiger partial charge on any atom is 0.223 e. The summed E-state index contributed by atoms with van der Waals surface area (Å²) in [5, 5.41) is 7.04. The summed E-state index contributed by atoms with van der Waals surface area (Å²) < 4.78 is 10.7. The Bertz CT molecular complexity index is 659. The van der Waals surface area contributed by atoms with Gasteiger partial charge >= 0.3 is 0 Å². The van der Waals surface area contributed by atoms with Crippen LogP contribution in [0.1, 0.15) is 17.3 Å². The van der Waals surface area contributed by atoms with Gasteiger partial charge in [0.15, 0.2) is 11.8 Å². The van der Waals surface area contributed by atoms with E-state index in [2.05, 4.69) is 20.4 Å². The Morgan fingerprint density at radius 1 is 1.33 bits per heavy atom. The molecule has 0 unspecified atom stereocenters. The molecule has 1 aromatic carbocycles. The monoisotopic (exact) mass is 445 g/mol. The number of aliphatic imine (C=N–C) groups is 1. The van der Waals surface area contributed by atoms with Crippen LogP contribution < -0.4 is 10.1 Å². The highest BCUT2D eigenvalue weighted by Gasteiger charge is 2.08. The smallest absolute Gasteiger partial charge is 0.223 e. The summed E-state index contributed by atoms with van der Waals surface area (Å²) in [5.74, 6) is 2.82. The minimum atomic E-state index is 0. The predicted molar refractivity (Wildman–Crippen MR) is 104 cm³/mol. The van der Waals surface area contributed by atoms with Crippen molar-refractivity contribution in [2.45, 2.75) is 20.4 Å². The number of hydrogen-bond donors (Lipinski definition) is 1. The van der Waals surface area contributed by atoms with Crippen LogP contribution in [-0.4, -0.2) is 48.2 Å². The molecule has 0 radical (unpaired) electrons. The van der Waals surface area contributed by atoms with Crippen LogP contribution in [-0.2, 0) is 6.54 Å². The van der Waals surface area contributed by atoms with E-state index < -0.39 is 0 Å². The molecule has 0 spiro atoms. The van der Waals surface area contributed by atoms with E-state index >= 15 is 0 Å². The van der Waals surface area contributed by atoms with Gasteiger partial charge in [-0.15, -0.1) is 24.0 Å². The number of guanidine groups is 1. The summed E-state index contributed by atoms with van der Waals surface area (Å²) in [4.78, 5) is 10.4. The Kier molecular flexibility index (Phi) is 8.51. The van der Waals surface area contributed by atoms with Crippen LogP contribution in [0, 0.1) is 13.8 Å². The van der Waals surface area contributed by atoms with Crippen molar-refractivity contribution in [3.63, 3.8) is 0 Å². The van der Waals surface area contributed by atoms with Gasteiger partial charge in [0.2, 0.25) is 5.89 Å². The first kappa shape index (κ1) is 20.2. The van der Waals surface area contributed by atoms with Crippen molar-refractivity contribution in [2.24, 2.45) is 4.99 Å². The molecule has 0 aliphatic heterocycles. The molecule has 2 rings (SSSR count). The minimum absolute atomic E-state index is 0. The first-order valence-electron chi connectivity index (χ1n) is 7.49. The molecular weight excluding hydrogens is 421 g/mol. The lowest BCUT2D eigenvalue weighted by Gasteiger charge is -2.21. The van der Waals surface area contributed by atoms with Gasteiger partial charge in [0.05, 0.1) is 13.1 Å². The maximum absolute atomic E-state index is 5.80. The fourth-order valence-electron chi connectivity index (χ4n) is 2.07. The lowest BCUT2D eigenvalue weighted by molar-refractivity contribution is 0.279. The number of aryl methyl sites for hydroxylation is 2. The molecule has 1 N–H and O–H groups in total. The molecule has 1 aromatic heterocycles. The van der Waals surface area contributed by atoms with Gasteiger partial charge < -0.3 is 19.5 Å². The average Bonchev–Trinajstić information content (AvgIpc) is 2.95. The van der Waals surface area contributed by atoms with E-state index in [1.165, 1.54) is 0 Å². The number of para-hydroxylation sites is 1. The van der Waals surface area contributed by atoms with E-state index in [1.54, 1.807) is 14.0 Å². The van der Waals surface area contributed by atoms with Crippen LogP contribution >= 0.6 is 24.0 Å². The van der Waals surface area contributed by atoms with Crippen molar-refractivity contribution in [3.05, 3.63) is 41.5 Å². The van der Waals surface area contributed by atoms with Gasteiger partial charge in [0.1, 0.15) is 12.4 Å². The fourth-order valence-corrected chi connectivity index (χ4v) is 2.07. The number of nitrogens with one attached hydrogen (secondary N) is 1. The van der Waals surface area contributed by atoms with Crippen LogP contribution in [0.25, 0.3) is 0 Å². The van der Waals surface area contributed by atoms with Gasteiger partial charge in [-0.25, -0.2) is 0 Å². The number of hydrogen-bond acceptors (Lipinski definition) is 5. The lowest BCUT2D eigenvalue weighted by atomic mass is 10.2. The average molecular weight is 445 g/mol. The second kappa shape index (κ2) is 10.1. The van der Waals surface area contributed by atoms with Crippen molar-refractivity contribution in [1.82, 2.24) is 20.4 Å². The number of nitrogens with zero attached hydrogens (tertiary/aromatic N) is 4. The number of ether oxygens (including phenoxy) is 1. The van der Waals surface area contributed by atoms with Crippen molar-refractivity contribution in [3.8, 4) is 5.75 Å². The van der Waals surface area contributed by atoms with Crippen molar-refractivity contribution in [1.29, 1.82) is 0 Å². The second-order valence-corrected chi connectivity index (χ2v) is 5.17. The summed E-state index contributed by atoms with van der Waals surface area (Å²) in [6, 6.07) is 7.98. The molecule has 0 amide bonds. The Hall–Kier alpha value is -1.84. The predicted octanol–water partition coefficient (Wildman–Crippen LogP) is 2.39. The van der Waals surface area contributed by atoms with Crippen LogP contribution in [0.3, 0.4) is 0 Å². The first-order chi connectivity index (χ1) is 11.1. The summed E-state index contributed by atoms with van der Waals surface area (Å²) in [6.07, 6.45) is 0. The fraction of sp³-hybridized carbons (Fsp3) is 0.438. The molecule has 1 heterocycles. The molecule has 0 saturated carbocycles. The quantitative estimate of drug-likeness (QED) is 0.418. The normalized spacial score (nSPS) is 10.9. The minimum Gasteiger partial charge on any atom is -0.491 e. The lowest BCUT2D eigenvalue weighted by Crippen LogP contribution is -2.40. The Morgan fingerprint density at radius 2 is 2.08 bits per heavy atom. The molecule has 0 aliphatic carbocycles. The number of halogens is 1. The second-order valence-electron chi connectivity index (χ2n) is 5.17. The van der Waals surface area contributed by atoms with E-state index in [0.717, 1.165) is 17.3 Å². The zero-order chi connectivity index (χ0) is 16.7. The molecule has 24 heavy (non-hydrogen) atoms. The van der Waals surface area contributed by atoms with Crippen molar-refractivity contribution >= 4 is 29.9 Å². The van der Waals surface area contributed by atoms with Crippen LogP contribution in [0.15, 0.2) is 33.8 Å². The number of rotatable bonds is 6. The SMILES string of the molecule is CN=C(NCc1noc(C)n1)N(C)CCOc1ccccc1C.I. The molecule has 2 aromatic rings. The molecule has 7 nitrogen and oxygen atoms in total. The summed E-state index contributed by atoms with van der Waals surface area (Å²) >= 11 is 0. The molecule has 0 fully saturated rings. The van der Waals surface area contributed by atoms with Crippen LogP contribution in [0.4, 0.5) is 0 Å². The van der Waals surface area contributed by atoms with E-state index in [-0.39, 0.29) is 24.0 Å². The van der Waals surface area contributed by atoms with Gasteiger partial charge in [-0.2, -0.15) is 4.98 Å². The highest BCUT2D eigenvalue weighted by molar-refractivity contribution is 14.0. The maximum atomic E-state index is 5.80. The molecule has 0 saturated heterocycles. The van der Waals surface area contributed by atoms with Gasteiger partial charge in [-0.05, 0) is 18.6 Å². The first-order valence-corrected chi connectivity index (χ1v) is 7.49. The van der Waals surface area contributed by atoms with Crippen LogP contribution in [0.5, 0.6) is 5.75 Å².